The molecule has 0 bridgehead atoms. The number of aliphatic carboxylic acids is 1. The van der Waals surface area contributed by atoms with Gasteiger partial charge in [-0.25, -0.2) is 4.79 Å². The Morgan fingerprint density at radius 3 is 1.25 bits per heavy atom. The Hall–Kier alpha value is -3.53. The normalized spacial score (nSPS) is 13.5. The molecule has 0 spiro atoms. The molecule has 0 heterocycles. The average Bonchev–Trinajstić information content (AvgIpc) is 3.30. The molecule has 0 saturated heterocycles. The maximum atomic E-state index is 12.8. The van der Waals surface area contributed by atoms with Crippen LogP contribution in [-0.2, 0) is 33.3 Å². The molecule has 68 heavy (non-hydrogen) atoms. The minimum Gasteiger partial charge on any atom is -0.477 e. The molecule has 0 aromatic rings. The fourth-order valence-corrected chi connectivity index (χ4v) is 7.17. The van der Waals surface area contributed by atoms with E-state index in [0.717, 1.165) is 103 Å². The number of nitrogens with zero attached hydrogens (tertiary/aromatic N) is 1. The summed E-state index contributed by atoms with van der Waals surface area (Å²) in [6.07, 6.45) is 62.3. The molecule has 390 valence electrons. The van der Waals surface area contributed by atoms with Gasteiger partial charge in [0.25, 0.3) is 6.29 Å². The molecule has 0 aliphatic carbocycles. The second kappa shape index (κ2) is 49.9. The fourth-order valence-electron chi connectivity index (χ4n) is 7.17. The van der Waals surface area contributed by atoms with E-state index < -0.39 is 24.3 Å². The quantitative estimate of drug-likeness (QED) is 0.0211. The molecule has 2 unspecified atom stereocenters. The molecule has 0 radical (unpaired) electrons. The van der Waals surface area contributed by atoms with Crippen LogP contribution >= 0.6 is 0 Å². The van der Waals surface area contributed by atoms with Gasteiger partial charge in [-0.3, -0.25) is 9.59 Å². The van der Waals surface area contributed by atoms with Crippen LogP contribution in [-0.4, -0.2) is 87.4 Å². The van der Waals surface area contributed by atoms with Gasteiger partial charge in [0.1, 0.15) is 13.2 Å². The van der Waals surface area contributed by atoms with E-state index in [4.69, 9.17) is 18.9 Å². The van der Waals surface area contributed by atoms with Crippen LogP contribution in [0.1, 0.15) is 213 Å². The zero-order valence-corrected chi connectivity index (χ0v) is 44.2. The maximum Gasteiger partial charge on any atom is 0.361 e. The van der Waals surface area contributed by atoms with E-state index in [1.54, 1.807) is 0 Å². The molecule has 0 aromatic carbocycles. The van der Waals surface area contributed by atoms with Crippen LogP contribution in [0.5, 0.6) is 0 Å². The Morgan fingerprint density at radius 2 is 0.838 bits per heavy atom. The van der Waals surface area contributed by atoms with Gasteiger partial charge in [0.2, 0.25) is 0 Å². The fraction of sp³-hybridized carbons (Fsp3) is 0.712. The predicted molar refractivity (Wildman–Crippen MR) is 286 cm³/mol. The van der Waals surface area contributed by atoms with Crippen LogP contribution in [0.4, 0.5) is 0 Å². The van der Waals surface area contributed by atoms with Gasteiger partial charge in [0.05, 0.1) is 34.4 Å². The molecule has 0 amide bonds. The number of carbonyl (C=O) groups excluding carboxylic acids is 2. The van der Waals surface area contributed by atoms with Crippen LogP contribution in [0.15, 0.2) is 85.1 Å². The van der Waals surface area contributed by atoms with Gasteiger partial charge in [-0.2, -0.15) is 0 Å². The number of carboxylic acids is 1. The monoisotopic (exact) mass is 953 g/mol. The first-order valence-corrected chi connectivity index (χ1v) is 27.3. The van der Waals surface area contributed by atoms with E-state index in [1.807, 2.05) is 21.1 Å². The van der Waals surface area contributed by atoms with Crippen molar-refractivity contribution in [3.63, 3.8) is 0 Å². The number of hydrogen-bond acceptors (Lipinski definition) is 7. The van der Waals surface area contributed by atoms with Crippen molar-refractivity contribution < 1.29 is 42.9 Å². The molecule has 0 saturated carbocycles. The van der Waals surface area contributed by atoms with E-state index in [0.29, 0.717) is 17.4 Å². The third kappa shape index (κ3) is 50.3. The molecule has 0 rings (SSSR count). The van der Waals surface area contributed by atoms with Gasteiger partial charge >= 0.3 is 17.9 Å². The summed E-state index contributed by atoms with van der Waals surface area (Å²) in [7, 11) is 5.95. The number of hydrogen-bond donors (Lipinski definition) is 1. The summed E-state index contributed by atoms with van der Waals surface area (Å²) in [4.78, 5) is 37.3. The number of unbranched alkanes of at least 4 members (excludes halogenated alkanes) is 20. The first kappa shape index (κ1) is 64.5. The summed E-state index contributed by atoms with van der Waals surface area (Å²) in [6, 6.07) is 0. The zero-order valence-electron chi connectivity index (χ0n) is 44.2. The van der Waals surface area contributed by atoms with E-state index in [2.05, 4.69) is 98.9 Å². The van der Waals surface area contributed by atoms with E-state index >= 15 is 0 Å². The van der Waals surface area contributed by atoms with Crippen LogP contribution in [0.3, 0.4) is 0 Å². The number of ether oxygens (including phenoxy) is 4. The van der Waals surface area contributed by atoms with Crippen LogP contribution in [0, 0.1) is 0 Å². The molecule has 0 fully saturated rings. The molecular formula is C59H102NO8+. The number of esters is 2. The molecule has 9 nitrogen and oxygen atoms in total. The Labute approximate surface area is 417 Å². The average molecular weight is 953 g/mol. The molecule has 2 atom stereocenters. The van der Waals surface area contributed by atoms with Gasteiger partial charge < -0.3 is 28.5 Å². The number of quaternary nitrogens is 1. The van der Waals surface area contributed by atoms with Gasteiger partial charge in [-0.1, -0.05) is 202 Å². The molecule has 0 aliphatic rings. The highest BCUT2D eigenvalue weighted by Crippen LogP contribution is 2.15. The molecule has 0 aliphatic heterocycles. The summed E-state index contributed by atoms with van der Waals surface area (Å²) in [5.41, 5.74) is 0. The highest BCUT2D eigenvalue weighted by Gasteiger charge is 2.25. The second-order valence-electron chi connectivity index (χ2n) is 19.2. The number of likely N-dealkylation sites (N-methyl/N-ethyl adjacent to an activating group) is 1. The second-order valence-corrected chi connectivity index (χ2v) is 19.2. The van der Waals surface area contributed by atoms with E-state index in [-0.39, 0.29) is 38.6 Å². The Balaban J connectivity index is 4.23. The van der Waals surface area contributed by atoms with Crippen LogP contribution < -0.4 is 0 Å². The predicted octanol–water partition coefficient (Wildman–Crippen LogP) is 15.6. The highest BCUT2D eigenvalue weighted by molar-refractivity contribution is 5.71. The van der Waals surface area contributed by atoms with Gasteiger partial charge in [0.15, 0.2) is 6.10 Å². The van der Waals surface area contributed by atoms with Crippen LogP contribution in [0.2, 0.25) is 0 Å². The first-order valence-electron chi connectivity index (χ1n) is 27.3. The standard InChI is InChI=1S/C59H101NO8/c1-6-8-10-12-14-16-18-20-22-23-24-25-26-27-28-29-30-31-32-33-34-35-36-38-40-42-44-46-48-50-57(62)68-55(54-67-59(58(63)64)65-52-51-60(3,4)5)53-66-56(61)49-47-45-43-41-39-37-21-19-17-15-13-11-9-7-2/h8,10,13-16,19-22,24-25,27-28,55,59H,6-7,9,11-12,17-18,23,26,29-54H2,1-5H3/p+1/b10-8-,15-13-,16-14-,21-19-,22-20-,25-24-,28-27-. The van der Waals surface area contributed by atoms with E-state index in [9.17, 15) is 19.5 Å². The summed E-state index contributed by atoms with van der Waals surface area (Å²) in [5, 5.41) is 9.68. The lowest BCUT2D eigenvalue weighted by Crippen LogP contribution is -2.40. The maximum absolute atomic E-state index is 12.8. The van der Waals surface area contributed by atoms with Crippen molar-refractivity contribution in [2.75, 3.05) is 47.5 Å². The highest BCUT2D eigenvalue weighted by atomic mass is 16.7. The van der Waals surface area contributed by atoms with Crippen molar-refractivity contribution in [2.45, 2.75) is 225 Å². The van der Waals surface area contributed by atoms with Crippen molar-refractivity contribution in [2.24, 2.45) is 0 Å². The lowest BCUT2D eigenvalue weighted by Gasteiger charge is -2.25. The Kier molecular flexibility index (Phi) is 47.3. The van der Waals surface area contributed by atoms with Crippen LogP contribution in [0.25, 0.3) is 0 Å². The van der Waals surface area contributed by atoms with Crippen molar-refractivity contribution in [1.82, 2.24) is 0 Å². The third-order valence-electron chi connectivity index (χ3n) is 11.4. The molecule has 1 N–H and O–H groups in total. The minimum absolute atomic E-state index is 0.182. The third-order valence-corrected chi connectivity index (χ3v) is 11.4. The van der Waals surface area contributed by atoms with Crippen molar-refractivity contribution in [1.29, 1.82) is 0 Å². The topological polar surface area (TPSA) is 108 Å². The number of rotatable bonds is 49. The lowest BCUT2D eigenvalue weighted by atomic mass is 10.0. The molecule has 9 heteroatoms. The largest absolute Gasteiger partial charge is 0.477 e. The summed E-state index contributed by atoms with van der Waals surface area (Å²) in [6.45, 7) is 4.70. The molecular weight excluding hydrogens is 851 g/mol. The smallest absolute Gasteiger partial charge is 0.361 e. The number of carboxylic acid groups (broad SMARTS) is 1. The summed E-state index contributed by atoms with van der Waals surface area (Å²) in [5.74, 6) is -2.03. The van der Waals surface area contributed by atoms with Gasteiger partial charge in [-0.15, -0.1) is 0 Å². The lowest BCUT2D eigenvalue weighted by molar-refractivity contribution is -0.870. The number of carbonyl (C=O) groups is 3. The van der Waals surface area contributed by atoms with Gasteiger partial charge in [0, 0.05) is 12.8 Å². The van der Waals surface area contributed by atoms with Crippen molar-refractivity contribution in [3.05, 3.63) is 85.1 Å². The first-order chi connectivity index (χ1) is 33.1. The zero-order chi connectivity index (χ0) is 49.9. The summed E-state index contributed by atoms with van der Waals surface area (Å²) >= 11 is 0. The number of allylic oxidation sites excluding steroid dienone is 14. The van der Waals surface area contributed by atoms with Gasteiger partial charge in [-0.05, 0) is 83.5 Å². The SMILES string of the molecule is CC/C=C\C/C=C\C/C=C\C/C=C\C/C=C\CCCCCCCCCCCCCCCC(=O)OC(COC(=O)CCCCCCC/C=C\C/C=C\CCCC)COC(OCC[N+](C)(C)C)C(=O)O. The van der Waals surface area contributed by atoms with Crippen molar-refractivity contribution in [3.8, 4) is 0 Å². The Morgan fingerprint density at radius 1 is 0.456 bits per heavy atom. The Bertz CT molecular complexity index is 1390. The van der Waals surface area contributed by atoms with Crippen molar-refractivity contribution >= 4 is 17.9 Å². The van der Waals surface area contributed by atoms with E-state index in [1.165, 1.54) is 77.0 Å². The minimum atomic E-state index is -1.52. The summed E-state index contributed by atoms with van der Waals surface area (Å²) < 4.78 is 22.8. The molecule has 0 aromatic heterocycles.